The van der Waals surface area contributed by atoms with Crippen molar-refractivity contribution in [3.63, 3.8) is 0 Å². The molecular weight excluding hydrogens is 306 g/mol. The van der Waals surface area contributed by atoms with Crippen molar-refractivity contribution in [3.8, 4) is 0 Å². The van der Waals surface area contributed by atoms with Crippen molar-refractivity contribution in [1.82, 2.24) is 10.2 Å². The van der Waals surface area contributed by atoms with E-state index in [0.717, 1.165) is 37.2 Å². The molecule has 0 aliphatic carbocycles. The van der Waals surface area contributed by atoms with E-state index >= 15 is 0 Å². The van der Waals surface area contributed by atoms with Crippen molar-refractivity contribution < 1.29 is 14.4 Å². The zero-order valence-electron chi connectivity index (χ0n) is 14.1. The normalized spacial score (nSPS) is 21.2. The Kier molecular flexibility index (Phi) is 4.83. The van der Waals surface area contributed by atoms with Crippen LogP contribution in [-0.4, -0.2) is 47.7 Å². The zero-order chi connectivity index (χ0) is 17.1. The van der Waals surface area contributed by atoms with Gasteiger partial charge in [-0.1, -0.05) is 35.0 Å². The number of nitrogens with zero attached hydrogens (tertiary/aromatic N) is 2. The van der Waals surface area contributed by atoms with Crippen LogP contribution in [-0.2, 0) is 14.4 Å². The van der Waals surface area contributed by atoms with E-state index in [1.807, 2.05) is 31.2 Å². The van der Waals surface area contributed by atoms with Gasteiger partial charge in [0.15, 0.2) is 0 Å². The van der Waals surface area contributed by atoms with Crippen molar-refractivity contribution in [2.75, 3.05) is 13.1 Å². The molecule has 1 N–H and O–H groups in total. The van der Waals surface area contributed by atoms with Gasteiger partial charge < -0.3 is 15.1 Å². The van der Waals surface area contributed by atoms with E-state index in [9.17, 15) is 9.59 Å². The topological polar surface area (TPSA) is 71.0 Å². The van der Waals surface area contributed by atoms with Crippen LogP contribution in [0.2, 0.25) is 0 Å². The van der Waals surface area contributed by atoms with Crippen LogP contribution in [0.25, 0.3) is 0 Å². The lowest BCUT2D eigenvalue weighted by Crippen LogP contribution is -2.48. The Balaban J connectivity index is 1.53. The van der Waals surface area contributed by atoms with Gasteiger partial charge in [0.2, 0.25) is 12.0 Å². The van der Waals surface area contributed by atoms with Gasteiger partial charge in [0.25, 0.3) is 5.91 Å². The van der Waals surface area contributed by atoms with Gasteiger partial charge in [-0.15, -0.1) is 0 Å². The molecule has 6 heteroatoms. The van der Waals surface area contributed by atoms with Gasteiger partial charge in [0, 0.05) is 19.5 Å². The molecule has 2 heterocycles. The van der Waals surface area contributed by atoms with Crippen LogP contribution in [0.15, 0.2) is 29.4 Å². The number of likely N-dealkylation sites (tertiary alicyclic amines) is 1. The third-order valence-electron chi connectivity index (χ3n) is 4.49. The number of carbonyl (C=O) groups is 2. The average molecular weight is 329 g/mol. The lowest BCUT2D eigenvalue weighted by molar-refractivity contribution is -0.138. The Bertz CT molecular complexity index is 648. The summed E-state index contributed by atoms with van der Waals surface area (Å²) in [6, 6.07) is 7.40. The predicted octanol–water partition coefficient (Wildman–Crippen LogP) is 1.62. The predicted molar refractivity (Wildman–Crippen MR) is 90.6 cm³/mol. The van der Waals surface area contributed by atoms with Crippen LogP contribution in [0.5, 0.6) is 0 Å². The second kappa shape index (κ2) is 7.03. The molecule has 2 amide bonds. The minimum absolute atomic E-state index is 0.0291. The van der Waals surface area contributed by atoms with Gasteiger partial charge in [0.1, 0.15) is 6.04 Å². The van der Waals surface area contributed by atoms with Crippen LogP contribution in [0.3, 0.4) is 0 Å². The molecule has 1 saturated heterocycles. The summed E-state index contributed by atoms with van der Waals surface area (Å²) in [6.07, 6.45) is 1.81. The summed E-state index contributed by atoms with van der Waals surface area (Å²) in [5.74, 6) is -0.320. The quantitative estimate of drug-likeness (QED) is 0.912. The lowest BCUT2D eigenvalue weighted by Gasteiger charge is -2.21. The molecule has 0 aromatic heterocycles. The third-order valence-corrected chi connectivity index (χ3v) is 4.49. The maximum atomic E-state index is 12.3. The monoisotopic (exact) mass is 329 g/mol. The second-order valence-electron chi connectivity index (χ2n) is 6.46. The zero-order valence-corrected chi connectivity index (χ0v) is 14.1. The summed E-state index contributed by atoms with van der Waals surface area (Å²) >= 11 is 0. The molecule has 0 saturated carbocycles. The highest BCUT2D eigenvalue weighted by Gasteiger charge is 2.32. The van der Waals surface area contributed by atoms with Crippen LogP contribution in [0.1, 0.15) is 37.3 Å². The highest BCUT2D eigenvalue weighted by Crippen LogP contribution is 2.18. The van der Waals surface area contributed by atoms with E-state index in [0.29, 0.717) is 6.42 Å². The first-order valence-corrected chi connectivity index (χ1v) is 8.43. The Morgan fingerprint density at radius 3 is 2.58 bits per heavy atom. The molecule has 2 atom stereocenters. The molecule has 2 aliphatic rings. The summed E-state index contributed by atoms with van der Waals surface area (Å²) < 4.78 is 0. The molecule has 24 heavy (non-hydrogen) atoms. The average Bonchev–Trinajstić information content (AvgIpc) is 3.26. The second-order valence-corrected chi connectivity index (χ2v) is 6.46. The number of nitrogens with one attached hydrogen (secondary N) is 1. The van der Waals surface area contributed by atoms with Crippen molar-refractivity contribution in [1.29, 1.82) is 0 Å². The number of aryl methyl sites for hydroxylation is 1. The molecule has 0 radical (unpaired) electrons. The lowest BCUT2D eigenvalue weighted by atomic mass is 10.0. The first-order valence-electron chi connectivity index (χ1n) is 8.43. The van der Waals surface area contributed by atoms with Crippen LogP contribution in [0.4, 0.5) is 0 Å². The van der Waals surface area contributed by atoms with E-state index in [4.69, 9.17) is 4.84 Å². The first-order chi connectivity index (χ1) is 11.5. The summed E-state index contributed by atoms with van der Waals surface area (Å²) in [4.78, 5) is 31.7. The molecule has 0 unspecified atom stereocenters. The van der Waals surface area contributed by atoms with Crippen molar-refractivity contribution in [2.24, 2.45) is 5.16 Å². The molecular formula is C18H23N3O3. The molecule has 3 rings (SSSR count). The van der Waals surface area contributed by atoms with Crippen LogP contribution >= 0.6 is 0 Å². The fraction of sp³-hybridized carbons (Fsp3) is 0.500. The summed E-state index contributed by atoms with van der Waals surface area (Å²) in [7, 11) is 0. The summed E-state index contributed by atoms with van der Waals surface area (Å²) in [5.41, 5.74) is 2.88. The number of hydrogen-bond acceptors (Lipinski definition) is 4. The Morgan fingerprint density at radius 2 is 1.92 bits per heavy atom. The molecule has 0 bridgehead atoms. The highest BCUT2D eigenvalue weighted by atomic mass is 16.6. The number of oxime groups is 1. The smallest absolute Gasteiger partial charge is 0.264 e. The van der Waals surface area contributed by atoms with Gasteiger partial charge in [-0.05, 0) is 32.3 Å². The molecule has 1 fully saturated rings. The van der Waals surface area contributed by atoms with Gasteiger partial charge >= 0.3 is 0 Å². The van der Waals surface area contributed by atoms with Crippen molar-refractivity contribution >= 4 is 17.5 Å². The summed E-state index contributed by atoms with van der Waals surface area (Å²) in [5, 5.41) is 6.78. The fourth-order valence-electron chi connectivity index (χ4n) is 3.01. The number of carbonyl (C=O) groups excluding carboxylic acids is 2. The number of benzene rings is 1. The van der Waals surface area contributed by atoms with Gasteiger partial charge in [-0.25, -0.2) is 0 Å². The number of amides is 2. The van der Waals surface area contributed by atoms with Gasteiger partial charge in [-0.2, -0.15) is 0 Å². The van der Waals surface area contributed by atoms with E-state index in [2.05, 4.69) is 10.5 Å². The van der Waals surface area contributed by atoms with E-state index in [1.54, 1.807) is 11.8 Å². The SMILES string of the molecule is Cc1ccc(C2=NO[C@@H](C(=O)N[C@@H](C)C(=O)N3CCCC3)C2)cc1. The van der Waals surface area contributed by atoms with E-state index in [-0.39, 0.29) is 11.8 Å². The maximum Gasteiger partial charge on any atom is 0.264 e. The molecule has 6 nitrogen and oxygen atoms in total. The fourth-order valence-corrected chi connectivity index (χ4v) is 3.01. The van der Waals surface area contributed by atoms with Gasteiger partial charge in [-0.3, -0.25) is 9.59 Å². The Morgan fingerprint density at radius 1 is 1.25 bits per heavy atom. The largest absolute Gasteiger partial charge is 0.382 e. The first kappa shape index (κ1) is 16.5. The third kappa shape index (κ3) is 3.58. The minimum Gasteiger partial charge on any atom is -0.382 e. The van der Waals surface area contributed by atoms with Crippen molar-refractivity contribution in [3.05, 3.63) is 35.4 Å². The molecule has 128 valence electrons. The molecule has 2 aliphatic heterocycles. The molecule has 1 aromatic rings. The van der Waals surface area contributed by atoms with E-state index < -0.39 is 12.1 Å². The highest BCUT2D eigenvalue weighted by molar-refractivity contribution is 6.04. The van der Waals surface area contributed by atoms with Crippen molar-refractivity contribution in [2.45, 2.75) is 45.3 Å². The number of hydrogen-bond donors (Lipinski definition) is 1. The van der Waals surface area contributed by atoms with E-state index in [1.165, 1.54) is 5.56 Å². The molecule has 1 aromatic carbocycles. The minimum atomic E-state index is -0.671. The molecule has 0 spiro atoms. The standard InChI is InChI=1S/C18H23N3O3/c1-12-5-7-14(8-6-12)15-11-16(24-20-15)17(22)19-13(2)18(23)21-9-3-4-10-21/h5-8,13,16H,3-4,9-11H2,1-2H3,(H,19,22)/t13-,16+/m0/s1. The van der Waals surface area contributed by atoms with Crippen LogP contribution in [0, 0.1) is 6.92 Å². The maximum absolute atomic E-state index is 12.3. The number of rotatable bonds is 4. The Labute approximate surface area is 141 Å². The summed E-state index contributed by atoms with van der Waals surface area (Å²) in [6.45, 7) is 5.29. The Hall–Kier alpha value is -2.37. The van der Waals surface area contributed by atoms with Crippen LogP contribution < -0.4 is 5.32 Å². The van der Waals surface area contributed by atoms with Gasteiger partial charge in [0.05, 0.1) is 5.71 Å².